The van der Waals surface area contributed by atoms with Crippen LogP contribution in [0.25, 0.3) is 0 Å². The van der Waals surface area contributed by atoms with Gasteiger partial charge >= 0.3 is 5.97 Å². The number of aryl methyl sites for hydroxylation is 1. The Morgan fingerprint density at radius 2 is 2.11 bits per heavy atom. The largest absolute Gasteiger partial charge is 0.478 e. The number of hydrogen-bond donors (Lipinski definition) is 2. The highest BCUT2D eigenvalue weighted by atomic mass is 19.2. The summed E-state index contributed by atoms with van der Waals surface area (Å²) in [6.45, 7) is 1.65. The maximum absolute atomic E-state index is 13.0. The average molecular weight is 264 g/mol. The minimum absolute atomic E-state index is 0.0761. The van der Waals surface area contributed by atoms with Gasteiger partial charge in [-0.1, -0.05) is 12.1 Å². The van der Waals surface area contributed by atoms with Crippen molar-refractivity contribution in [2.24, 2.45) is 0 Å². The summed E-state index contributed by atoms with van der Waals surface area (Å²) in [5.41, 5.74) is 1.10. The molecular formula is C13H10F2N2O2. The van der Waals surface area contributed by atoms with Crippen molar-refractivity contribution in [2.75, 3.05) is 5.32 Å². The third kappa shape index (κ3) is 2.67. The molecule has 0 bridgehead atoms. The molecule has 0 amide bonds. The zero-order valence-corrected chi connectivity index (χ0v) is 9.95. The van der Waals surface area contributed by atoms with Crippen molar-refractivity contribution < 1.29 is 18.7 Å². The molecule has 1 aromatic heterocycles. The van der Waals surface area contributed by atoms with Gasteiger partial charge in [-0.2, -0.15) is 4.39 Å². The molecule has 1 heterocycles. The smallest absolute Gasteiger partial charge is 0.338 e. The van der Waals surface area contributed by atoms with Crippen LogP contribution in [0.3, 0.4) is 0 Å². The number of rotatable bonds is 3. The molecule has 0 aliphatic carbocycles. The number of pyridine rings is 1. The molecular weight excluding hydrogens is 254 g/mol. The van der Waals surface area contributed by atoms with Crippen LogP contribution >= 0.6 is 0 Å². The van der Waals surface area contributed by atoms with Gasteiger partial charge < -0.3 is 10.4 Å². The Morgan fingerprint density at radius 1 is 1.37 bits per heavy atom. The number of carbonyl (C=O) groups is 1. The molecule has 0 saturated heterocycles. The van der Waals surface area contributed by atoms with Gasteiger partial charge in [-0.05, 0) is 18.6 Å². The molecule has 0 unspecified atom stereocenters. The Balaban J connectivity index is 2.40. The van der Waals surface area contributed by atoms with Crippen LogP contribution in [0.4, 0.5) is 20.2 Å². The zero-order valence-electron chi connectivity index (χ0n) is 9.95. The maximum atomic E-state index is 13.0. The first kappa shape index (κ1) is 12.9. The topological polar surface area (TPSA) is 62.2 Å². The van der Waals surface area contributed by atoms with E-state index in [0.29, 0.717) is 11.3 Å². The molecule has 2 aromatic rings. The predicted octanol–water partition coefficient (Wildman–Crippen LogP) is 3.11. The van der Waals surface area contributed by atoms with Crippen molar-refractivity contribution in [3.05, 3.63) is 53.4 Å². The number of benzene rings is 1. The first-order chi connectivity index (χ1) is 8.99. The van der Waals surface area contributed by atoms with E-state index in [0.717, 1.165) is 12.3 Å². The van der Waals surface area contributed by atoms with Gasteiger partial charge in [0.25, 0.3) is 0 Å². The fourth-order valence-electron chi connectivity index (χ4n) is 1.70. The van der Waals surface area contributed by atoms with Gasteiger partial charge in [-0.25, -0.2) is 14.2 Å². The standard InChI is InChI=1S/C13H10F2N2O2/c1-7-3-2-4-10(11(7)13(18)19)17-8-5-9(14)12(15)16-6-8/h2-6,17H,1H3,(H,18,19). The van der Waals surface area contributed by atoms with Gasteiger partial charge in [-0.3, -0.25) is 0 Å². The van der Waals surface area contributed by atoms with Crippen LogP contribution in [0.5, 0.6) is 0 Å². The first-order valence-electron chi connectivity index (χ1n) is 5.40. The van der Waals surface area contributed by atoms with Crippen molar-refractivity contribution in [1.82, 2.24) is 4.98 Å². The molecule has 98 valence electrons. The lowest BCUT2D eigenvalue weighted by atomic mass is 10.1. The molecule has 4 nitrogen and oxygen atoms in total. The summed E-state index contributed by atoms with van der Waals surface area (Å²) in [6.07, 6.45) is 1.09. The average Bonchev–Trinajstić information content (AvgIpc) is 2.33. The lowest BCUT2D eigenvalue weighted by Crippen LogP contribution is -2.05. The molecule has 0 aliphatic rings. The molecule has 19 heavy (non-hydrogen) atoms. The summed E-state index contributed by atoms with van der Waals surface area (Å²) >= 11 is 0. The van der Waals surface area contributed by atoms with Crippen LogP contribution in [0.15, 0.2) is 30.5 Å². The Kier molecular flexibility index (Phi) is 3.41. The second-order valence-corrected chi connectivity index (χ2v) is 3.92. The second-order valence-electron chi connectivity index (χ2n) is 3.92. The van der Waals surface area contributed by atoms with E-state index in [-0.39, 0.29) is 11.3 Å². The van der Waals surface area contributed by atoms with Crippen molar-refractivity contribution in [1.29, 1.82) is 0 Å². The summed E-state index contributed by atoms with van der Waals surface area (Å²) in [6, 6.07) is 5.77. The minimum Gasteiger partial charge on any atom is -0.478 e. The predicted molar refractivity (Wildman–Crippen MR) is 65.6 cm³/mol. The number of carboxylic acid groups (broad SMARTS) is 1. The fourth-order valence-corrected chi connectivity index (χ4v) is 1.70. The van der Waals surface area contributed by atoms with E-state index >= 15 is 0 Å². The molecule has 2 rings (SSSR count). The number of carboxylic acids is 1. The lowest BCUT2D eigenvalue weighted by Gasteiger charge is -2.11. The number of nitrogens with zero attached hydrogens (tertiary/aromatic N) is 1. The number of aromatic nitrogens is 1. The Hall–Kier alpha value is -2.50. The molecule has 0 fully saturated rings. The third-order valence-corrected chi connectivity index (χ3v) is 2.56. The first-order valence-corrected chi connectivity index (χ1v) is 5.40. The molecule has 0 saturated carbocycles. The van der Waals surface area contributed by atoms with E-state index in [9.17, 15) is 13.6 Å². The van der Waals surface area contributed by atoms with Crippen LogP contribution in [-0.4, -0.2) is 16.1 Å². The van der Waals surface area contributed by atoms with Gasteiger partial charge in [0.15, 0.2) is 5.82 Å². The maximum Gasteiger partial charge on any atom is 0.338 e. The highest BCUT2D eigenvalue weighted by Gasteiger charge is 2.13. The van der Waals surface area contributed by atoms with Crippen LogP contribution < -0.4 is 5.32 Å². The summed E-state index contributed by atoms with van der Waals surface area (Å²) in [7, 11) is 0. The van der Waals surface area contributed by atoms with E-state index in [1.54, 1.807) is 19.1 Å². The van der Waals surface area contributed by atoms with Crippen LogP contribution in [-0.2, 0) is 0 Å². The van der Waals surface area contributed by atoms with E-state index in [1.165, 1.54) is 6.07 Å². The lowest BCUT2D eigenvalue weighted by molar-refractivity contribution is 0.0697. The Labute approximate surface area is 107 Å². The molecule has 0 aliphatic heterocycles. The number of halogens is 2. The van der Waals surface area contributed by atoms with E-state index in [1.807, 2.05) is 0 Å². The molecule has 1 aromatic carbocycles. The minimum atomic E-state index is -1.20. The van der Waals surface area contributed by atoms with Crippen molar-refractivity contribution in [2.45, 2.75) is 6.92 Å². The van der Waals surface area contributed by atoms with Crippen molar-refractivity contribution in [3.8, 4) is 0 Å². The number of hydrogen-bond acceptors (Lipinski definition) is 3. The molecule has 0 spiro atoms. The van der Waals surface area contributed by atoms with Gasteiger partial charge in [0.05, 0.1) is 23.1 Å². The quantitative estimate of drug-likeness (QED) is 0.836. The van der Waals surface area contributed by atoms with Gasteiger partial charge in [0.1, 0.15) is 0 Å². The highest BCUT2D eigenvalue weighted by Crippen LogP contribution is 2.24. The van der Waals surface area contributed by atoms with E-state index < -0.39 is 17.7 Å². The number of nitrogens with one attached hydrogen (secondary N) is 1. The van der Waals surface area contributed by atoms with Gasteiger partial charge in [-0.15, -0.1) is 0 Å². The Morgan fingerprint density at radius 3 is 2.74 bits per heavy atom. The zero-order chi connectivity index (χ0) is 14.0. The fraction of sp³-hybridized carbons (Fsp3) is 0.0769. The Bertz CT molecular complexity index is 645. The normalized spacial score (nSPS) is 10.3. The van der Waals surface area contributed by atoms with Crippen LogP contribution in [0.1, 0.15) is 15.9 Å². The van der Waals surface area contributed by atoms with Crippen LogP contribution in [0, 0.1) is 18.7 Å². The number of aromatic carboxylic acids is 1. The molecule has 0 radical (unpaired) electrons. The van der Waals surface area contributed by atoms with Gasteiger partial charge in [0, 0.05) is 6.07 Å². The summed E-state index contributed by atoms with van der Waals surface area (Å²) in [5.74, 6) is -3.40. The monoisotopic (exact) mass is 264 g/mol. The summed E-state index contributed by atoms with van der Waals surface area (Å²) < 4.78 is 25.7. The third-order valence-electron chi connectivity index (χ3n) is 2.56. The van der Waals surface area contributed by atoms with Gasteiger partial charge in [0.2, 0.25) is 5.95 Å². The molecule has 0 atom stereocenters. The van der Waals surface area contributed by atoms with E-state index in [2.05, 4.69) is 10.3 Å². The molecule has 2 N–H and O–H groups in total. The number of anilines is 2. The summed E-state index contributed by atoms with van der Waals surface area (Å²) in [5, 5.41) is 11.8. The van der Waals surface area contributed by atoms with E-state index in [4.69, 9.17) is 5.11 Å². The molecule has 6 heteroatoms. The van der Waals surface area contributed by atoms with Crippen LogP contribution in [0.2, 0.25) is 0 Å². The summed E-state index contributed by atoms with van der Waals surface area (Å²) in [4.78, 5) is 14.4. The van der Waals surface area contributed by atoms with Crippen molar-refractivity contribution >= 4 is 17.3 Å². The van der Waals surface area contributed by atoms with Crippen molar-refractivity contribution in [3.63, 3.8) is 0 Å². The highest BCUT2D eigenvalue weighted by molar-refractivity contribution is 5.96. The second kappa shape index (κ2) is 5.01. The SMILES string of the molecule is Cc1cccc(Nc2cnc(F)c(F)c2)c1C(=O)O.